The molecular formula is C14H20FN3. The van der Waals surface area contributed by atoms with Crippen LogP contribution in [0.5, 0.6) is 0 Å². The zero-order chi connectivity index (χ0) is 12.5. The topological polar surface area (TPSA) is 28.2 Å². The van der Waals surface area contributed by atoms with Crippen LogP contribution in [0.25, 0.3) is 0 Å². The first-order chi connectivity index (χ1) is 8.72. The summed E-state index contributed by atoms with van der Waals surface area (Å²) in [5.74, 6) is 0.518. The number of aromatic nitrogens is 1. The van der Waals surface area contributed by atoms with Crippen molar-refractivity contribution in [2.75, 3.05) is 12.4 Å². The molecule has 2 bridgehead atoms. The lowest BCUT2D eigenvalue weighted by Gasteiger charge is -2.47. The number of anilines is 1. The van der Waals surface area contributed by atoms with Gasteiger partial charge in [-0.15, -0.1) is 0 Å². The first kappa shape index (κ1) is 11.9. The number of nitrogens with one attached hydrogen (secondary N) is 1. The van der Waals surface area contributed by atoms with Crippen LogP contribution >= 0.6 is 0 Å². The normalized spacial score (nSPS) is 32.2. The van der Waals surface area contributed by atoms with Crippen LogP contribution in [-0.4, -0.2) is 35.1 Å². The highest BCUT2D eigenvalue weighted by Crippen LogP contribution is 2.33. The third-order valence-corrected chi connectivity index (χ3v) is 4.42. The molecule has 0 spiro atoms. The number of rotatable bonds is 2. The number of pyridine rings is 1. The molecule has 1 aromatic heterocycles. The number of piperidine rings is 2. The molecule has 18 heavy (non-hydrogen) atoms. The predicted molar refractivity (Wildman–Crippen MR) is 70.0 cm³/mol. The van der Waals surface area contributed by atoms with Crippen molar-refractivity contribution in [1.82, 2.24) is 9.88 Å². The lowest BCUT2D eigenvalue weighted by atomic mass is 9.82. The molecule has 2 aliphatic heterocycles. The quantitative estimate of drug-likeness (QED) is 0.873. The van der Waals surface area contributed by atoms with Gasteiger partial charge >= 0.3 is 0 Å². The third-order valence-electron chi connectivity index (χ3n) is 4.42. The van der Waals surface area contributed by atoms with E-state index in [1.54, 1.807) is 6.07 Å². The summed E-state index contributed by atoms with van der Waals surface area (Å²) in [4.78, 5) is 6.63. The zero-order valence-electron chi connectivity index (χ0n) is 10.8. The van der Waals surface area contributed by atoms with Gasteiger partial charge in [0.25, 0.3) is 0 Å². The summed E-state index contributed by atoms with van der Waals surface area (Å²) >= 11 is 0. The van der Waals surface area contributed by atoms with Crippen molar-refractivity contribution in [2.45, 2.75) is 50.2 Å². The van der Waals surface area contributed by atoms with Crippen LogP contribution in [-0.2, 0) is 0 Å². The van der Waals surface area contributed by atoms with E-state index in [4.69, 9.17) is 0 Å². The van der Waals surface area contributed by atoms with Crippen molar-refractivity contribution < 1.29 is 4.39 Å². The molecule has 98 valence electrons. The fourth-order valence-electron chi connectivity index (χ4n) is 3.40. The summed E-state index contributed by atoms with van der Waals surface area (Å²) < 4.78 is 12.8. The summed E-state index contributed by atoms with van der Waals surface area (Å²) in [5.41, 5.74) is 0. The molecule has 1 N–H and O–H groups in total. The van der Waals surface area contributed by atoms with Gasteiger partial charge in [0.1, 0.15) is 11.6 Å². The van der Waals surface area contributed by atoms with Crippen LogP contribution in [0.1, 0.15) is 32.1 Å². The molecule has 3 heterocycles. The Kier molecular flexibility index (Phi) is 3.20. The van der Waals surface area contributed by atoms with Gasteiger partial charge in [0.15, 0.2) is 0 Å². The Morgan fingerprint density at radius 2 is 2.00 bits per heavy atom. The van der Waals surface area contributed by atoms with E-state index in [1.807, 2.05) is 0 Å². The number of hydrogen-bond donors (Lipinski definition) is 1. The van der Waals surface area contributed by atoms with Gasteiger partial charge in [-0.1, -0.05) is 6.42 Å². The molecule has 2 atom stereocenters. The van der Waals surface area contributed by atoms with Gasteiger partial charge in [-0.05, 0) is 44.9 Å². The highest BCUT2D eigenvalue weighted by molar-refractivity contribution is 5.35. The van der Waals surface area contributed by atoms with Crippen LogP contribution in [0.15, 0.2) is 18.3 Å². The molecule has 0 aliphatic carbocycles. The molecule has 0 saturated carbocycles. The van der Waals surface area contributed by atoms with Crippen molar-refractivity contribution >= 4 is 5.82 Å². The molecular weight excluding hydrogens is 229 g/mol. The fraction of sp³-hybridized carbons (Fsp3) is 0.643. The van der Waals surface area contributed by atoms with Crippen LogP contribution < -0.4 is 5.32 Å². The summed E-state index contributed by atoms with van der Waals surface area (Å²) in [6, 6.07) is 5.08. The molecule has 0 aromatic carbocycles. The second-order valence-electron chi connectivity index (χ2n) is 5.58. The summed E-state index contributed by atoms with van der Waals surface area (Å²) in [5, 5.41) is 3.45. The van der Waals surface area contributed by atoms with Crippen LogP contribution in [0, 0.1) is 5.82 Å². The highest BCUT2D eigenvalue weighted by atomic mass is 19.1. The Morgan fingerprint density at radius 3 is 2.61 bits per heavy atom. The zero-order valence-corrected chi connectivity index (χ0v) is 10.8. The number of hydrogen-bond acceptors (Lipinski definition) is 3. The number of nitrogens with zero attached hydrogens (tertiary/aromatic N) is 2. The van der Waals surface area contributed by atoms with Gasteiger partial charge < -0.3 is 10.2 Å². The summed E-state index contributed by atoms with van der Waals surface area (Å²) in [6.07, 6.45) is 7.60. The predicted octanol–water partition coefficient (Wildman–Crippen LogP) is 2.65. The van der Waals surface area contributed by atoms with Gasteiger partial charge in [-0.3, -0.25) is 0 Å². The third kappa shape index (κ3) is 2.34. The molecule has 0 radical (unpaired) electrons. The molecule has 2 aliphatic rings. The van der Waals surface area contributed by atoms with E-state index in [0.29, 0.717) is 18.1 Å². The maximum Gasteiger partial charge on any atom is 0.141 e. The van der Waals surface area contributed by atoms with E-state index < -0.39 is 0 Å². The molecule has 2 fully saturated rings. The van der Waals surface area contributed by atoms with Crippen LogP contribution in [0.3, 0.4) is 0 Å². The van der Waals surface area contributed by atoms with Gasteiger partial charge in [0, 0.05) is 18.1 Å². The molecule has 2 unspecified atom stereocenters. The van der Waals surface area contributed by atoms with E-state index in [2.05, 4.69) is 22.2 Å². The van der Waals surface area contributed by atoms with Crippen molar-refractivity contribution in [3.05, 3.63) is 24.1 Å². The van der Waals surface area contributed by atoms with Crippen molar-refractivity contribution in [2.24, 2.45) is 0 Å². The minimum absolute atomic E-state index is 0.277. The summed E-state index contributed by atoms with van der Waals surface area (Å²) in [7, 11) is 2.25. The van der Waals surface area contributed by atoms with Crippen LogP contribution in [0.2, 0.25) is 0 Å². The van der Waals surface area contributed by atoms with E-state index >= 15 is 0 Å². The van der Waals surface area contributed by atoms with Crippen molar-refractivity contribution in [3.8, 4) is 0 Å². The van der Waals surface area contributed by atoms with Gasteiger partial charge in [0.05, 0.1) is 6.20 Å². The minimum Gasteiger partial charge on any atom is -0.367 e. The Hall–Kier alpha value is -1.16. The average Bonchev–Trinajstić information content (AvgIpc) is 2.33. The highest BCUT2D eigenvalue weighted by Gasteiger charge is 2.35. The van der Waals surface area contributed by atoms with Gasteiger partial charge in [0.2, 0.25) is 0 Å². The van der Waals surface area contributed by atoms with E-state index in [0.717, 1.165) is 5.82 Å². The molecule has 3 rings (SSSR count). The van der Waals surface area contributed by atoms with Gasteiger partial charge in [-0.25, -0.2) is 9.37 Å². The Labute approximate surface area is 107 Å². The second kappa shape index (κ2) is 4.84. The molecule has 4 heteroatoms. The lowest BCUT2D eigenvalue weighted by Crippen LogP contribution is -2.52. The largest absolute Gasteiger partial charge is 0.367 e. The Balaban J connectivity index is 1.66. The van der Waals surface area contributed by atoms with Crippen LogP contribution in [0.4, 0.5) is 10.2 Å². The SMILES string of the molecule is CN1C2CCCC1CC(Nc1ccc(F)cn1)C2. The van der Waals surface area contributed by atoms with E-state index in [1.165, 1.54) is 44.4 Å². The maximum absolute atomic E-state index is 12.8. The monoisotopic (exact) mass is 249 g/mol. The molecule has 0 amide bonds. The number of halogens is 1. The molecule has 2 saturated heterocycles. The summed E-state index contributed by atoms with van der Waals surface area (Å²) in [6.45, 7) is 0. The molecule has 1 aromatic rings. The van der Waals surface area contributed by atoms with E-state index in [9.17, 15) is 4.39 Å². The Bertz CT molecular complexity index is 392. The standard InChI is InChI=1S/C14H20FN3/c1-18-12-3-2-4-13(18)8-11(7-12)17-14-6-5-10(15)9-16-14/h5-6,9,11-13H,2-4,7-8H2,1H3,(H,16,17). The first-order valence-corrected chi connectivity index (χ1v) is 6.82. The molecule has 3 nitrogen and oxygen atoms in total. The fourth-order valence-corrected chi connectivity index (χ4v) is 3.40. The van der Waals surface area contributed by atoms with E-state index in [-0.39, 0.29) is 5.82 Å². The second-order valence-corrected chi connectivity index (χ2v) is 5.58. The maximum atomic E-state index is 12.8. The van der Waals surface area contributed by atoms with Crippen molar-refractivity contribution in [3.63, 3.8) is 0 Å². The minimum atomic E-state index is -0.277. The first-order valence-electron chi connectivity index (χ1n) is 6.82. The number of fused-ring (bicyclic) bond motifs is 2. The van der Waals surface area contributed by atoms with Crippen molar-refractivity contribution in [1.29, 1.82) is 0 Å². The Morgan fingerprint density at radius 1 is 1.28 bits per heavy atom. The van der Waals surface area contributed by atoms with Gasteiger partial charge in [-0.2, -0.15) is 0 Å². The lowest BCUT2D eigenvalue weighted by molar-refractivity contribution is 0.0608. The average molecular weight is 249 g/mol. The smallest absolute Gasteiger partial charge is 0.141 e.